The Kier molecular flexibility index (Phi) is 4.15. The summed E-state index contributed by atoms with van der Waals surface area (Å²) in [5.41, 5.74) is 1.55. The summed E-state index contributed by atoms with van der Waals surface area (Å²) in [6, 6.07) is 5.39. The summed E-state index contributed by atoms with van der Waals surface area (Å²) in [6.07, 6.45) is 4.51. The molecule has 0 fully saturated rings. The highest BCUT2D eigenvalue weighted by Crippen LogP contribution is 2.29. The number of nitrogens with one attached hydrogen (secondary N) is 2. The molecule has 2 heterocycles. The van der Waals surface area contributed by atoms with Crippen LogP contribution in [-0.4, -0.2) is 22.4 Å². The van der Waals surface area contributed by atoms with Crippen LogP contribution in [0.2, 0.25) is 0 Å². The maximum Gasteiger partial charge on any atom is 0.276 e. The molecule has 1 aliphatic rings. The third kappa shape index (κ3) is 3.21. The Morgan fingerprint density at radius 1 is 1.29 bits per heavy atom. The Balaban J connectivity index is 1.73. The first-order valence-corrected chi connectivity index (χ1v) is 8.09. The third-order valence-electron chi connectivity index (χ3n) is 3.41. The van der Waals surface area contributed by atoms with Crippen LogP contribution in [0.5, 0.6) is 0 Å². The molecule has 2 aromatic heterocycles. The molecule has 0 saturated carbocycles. The third-order valence-corrected chi connectivity index (χ3v) is 4.48. The fraction of sp³-hybridized carbons (Fsp3) is 0.400. The molecule has 6 heteroatoms. The number of amides is 1. The van der Waals surface area contributed by atoms with Crippen LogP contribution in [0.4, 0.5) is 10.9 Å². The van der Waals surface area contributed by atoms with Gasteiger partial charge in [0.1, 0.15) is 11.5 Å². The van der Waals surface area contributed by atoms with Gasteiger partial charge in [-0.25, -0.2) is 9.97 Å². The quantitative estimate of drug-likeness (QED) is 0.910. The SMILES string of the molecule is CCNc1cccc(C(=O)Nc2nc3c(s2)CCCC3)n1. The molecule has 1 aliphatic carbocycles. The number of pyridine rings is 1. The largest absolute Gasteiger partial charge is 0.370 e. The van der Waals surface area contributed by atoms with E-state index in [1.54, 1.807) is 17.4 Å². The van der Waals surface area contributed by atoms with Crippen LogP contribution in [0.3, 0.4) is 0 Å². The maximum absolute atomic E-state index is 12.2. The molecule has 0 radical (unpaired) electrons. The lowest BCUT2D eigenvalue weighted by molar-refractivity contribution is 0.102. The predicted molar refractivity (Wildman–Crippen MR) is 85.1 cm³/mol. The van der Waals surface area contributed by atoms with Gasteiger partial charge in [-0.1, -0.05) is 6.07 Å². The minimum absolute atomic E-state index is 0.208. The lowest BCUT2D eigenvalue weighted by atomic mass is 10.0. The normalized spacial score (nSPS) is 13.6. The Hall–Kier alpha value is -1.95. The number of anilines is 2. The molecule has 0 bridgehead atoms. The number of fused-ring (bicyclic) bond motifs is 1. The van der Waals surface area contributed by atoms with Gasteiger partial charge in [0.2, 0.25) is 0 Å². The molecule has 110 valence electrons. The van der Waals surface area contributed by atoms with E-state index in [2.05, 4.69) is 20.6 Å². The number of carbonyl (C=O) groups excluding carboxylic acids is 1. The summed E-state index contributed by atoms with van der Waals surface area (Å²) in [7, 11) is 0. The summed E-state index contributed by atoms with van der Waals surface area (Å²) in [6.45, 7) is 2.77. The van der Waals surface area contributed by atoms with E-state index < -0.39 is 0 Å². The fourth-order valence-corrected chi connectivity index (χ4v) is 3.45. The standard InChI is InChI=1S/C15H18N4OS/c1-2-16-13-9-5-7-11(17-13)14(20)19-15-18-10-6-3-4-8-12(10)21-15/h5,7,9H,2-4,6,8H2,1H3,(H,16,17)(H,18,19,20). The van der Waals surface area contributed by atoms with Crippen molar-refractivity contribution in [2.75, 3.05) is 17.2 Å². The van der Waals surface area contributed by atoms with Crippen molar-refractivity contribution in [2.24, 2.45) is 0 Å². The van der Waals surface area contributed by atoms with Crippen molar-refractivity contribution >= 4 is 28.2 Å². The monoisotopic (exact) mass is 302 g/mol. The lowest BCUT2D eigenvalue weighted by Gasteiger charge is -2.06. The van der Waals surface area contributed by atoms with Crippen LogP contribution in [0, 0.1) is 0 Å². The zero-order chi connectivity index (χ0) is 14.7. The van der Waals surface area contributed by atoms with Gasteiger partial charge in [0.15, 0.2) is 5.13 Å². The van der Waals surface area contributed by atoms with Gasteiger partial charge in [-0.05, 0) is 44.7 Å². The number of aromatic nitrogens is 2. The van der Waals surface area contributed by atoms with Crippen molar-refractivity contribution in [1.82, 2.24) is 9.97 Å². The minimum atomic E-state index is -0.208. The van der Waals surface area contributed by atoms with Crippen LogP contribution < -0.4 is 10.6 Å². The molecule has 5 nitrogen and oxygen atoms in total. The van der Waals surface area contributed by atoms with Gasteiger partial charge >= 0.3 is 0 Å². The van der Waals surface area contributed by atoms with E-state index in [1.165, 1.54) is 17.7 Å². The molecular formula is C15H18N4OS. The number of carbonyl (C=O) groups is 1. The van der Waals surface area contributed by atoms with Gasteiger partial charge in [-0.2, -0.15) is 0 Å². The van der Waals surface area contributed by atoms with Crippen LogP contribution >= 0.6 is 11.3 Å². The second kappa shape index (κ2) is 6.22. The van der Waals surface area contributed by atoms with Crippen LogP contribution in [0.15, 0.2) is 18.2 Å². The molecule has 0 aliphatic heterocycles. The second-order valence-corrected chi connectivity index (χ2v) is 6.07. The number of thiazole rings is 1. The average Bonchev–Trinajstić information content (AvgIpc) is 2.90. The Bertz CT molecular complexity index is 629. The first-order chi connectivity index (χ1) is 10.3. The van der Waals surface area contributed by atoms with Gasteiger partial charge in [0.25, 0.3) is 5.91 Å². The summed E-state index contributed by atoms with van der Waals surface area (Å²) in [5.74, 6) is 0.504. The summed E-state index contributed by atoms with van der Waals surface area (Å²) in [5, 5.41) is 6.65. The molecule has 21 heavy (non-hydrogen) atoms. The topological polar surface area (TPSA) is 66.9 Å². The van der Waals surface area contributed by atoms with Gasteiger partial charge in [-0.3, -0.25) is 10.1 Å². The van der Waals surface area contributed by atoms with Crippen LogP contribution in [0.25, 0.3) is 0 Å². The van der Waals surface area contributed by atoms with E-state index in [0.29, 0.717) is 16.6 Å². The average molecular weight is 302 g/mol. The van der Waals surface area contributed by atoms with Gasteiger partial charge in [0.05, 0.1) is 5.69 Å². The van der Waals surface area contributed by atoms with Crippen LogP contribution in [0.1, 0.15) is 40.8 Å². The van der Waals surface area contributed by atoms with E-state index >= 15 is 0 Å². The summed E-state index contributed by atoms with van der Waals surface area (Å²) in [4.78, 5) is 22.4. The molecule has 0 unspecified atom stereocenters. The van der Waals surface area contributed by atoms with Crippen molar-refractivity contribution in [3.63, 3.8) is 0 Å². The molecule has 0 saturated heterocycles. The van der Waals surface area contributed by atoms with Gasteiger partial charge < -0.3 is 5.32 Å². The Morgan fingerprint density at radius 3 is 2.95 bits per heavy atom. The Labute approximate surface area is 127 Å². The molecule has 0 spiro atoms. The van der Waals surface area contributed by atoms with E-state index in [9.17, 15) is 4.79 Å². The van der Waals surface area contributed by atoms with E-state index in [4.69, 9.17) is 0 Å². The maximum atomic E-state index is 12.2. The van der Waals surface area contributed by atoms with Gasteiger partial charge in [0, 0.05) is 11.4 Å². The zero-order valence-corrected chi connectivity index (χ0v) is 12.8. The van der Waals surface area contributed by atoms with Crippen LogP contribution in [-0.2, 0) is 12.8 Å². The zero-order valence-electron chi connectivity index (χ0n) is 12.0. The smallest absolute Gasteiger partial charge is 0.276 e. The molecule has 0 aromatic carbocycles. The number of rotatable bonds is 4. The van der Waals surface area contributed by atoms with Crippen molar-refractivity contribution in [3.8, 4) is 0 Å². The number of aryl methyl sites for hydroxylation is 2. The van der Waals surface area contributed by atoms with E-state index in [-0.39, 0.29) is 5.91 Å². The lowest BCUT2D eigenvalue weighted by Crippen LogP contribution is -2.14. The first kappa shape index (κ1) is 14.0. The molecular weight excluding hydrogens is 284 g/mol. The van der Waals surface area contributed by atoms with Crippen molar-refractivity contribution in [3.05, 3.63) is 34.5 Å². The summed E-state index contributed by atoms with van der Waals surface area (Å²) >= 11 is 1.59. The molecule has 1 amide bonds. The molecule has 0 atom stereocenters. The highest BCUT2D eigenvalue weighted by Gasteiger charge is 2.17. The molecule has 2 aromatic rings. The first-order valence-electron chi connectivity index (χ1n) is 7.27. The summed E-state index contributed by atoms with van der Waals surface area (Å²) < 4.78 is 0. The highest BCUT2D eigenvalue weighted by molar-refractivity contribution is 7.15. The highest BCUT2D eigenvalue weighted by atomic mass is 32.1. The Morgan fingerprint density at radius 2 is 2.14 bits per heavy atom. The van der Waals surface area contributed by atoms with Crippen molar-refractivity contribution in [1.29, 1.82) is 0 Å². The van der Waals surface area contributed by atoms with E-state index in [1.807, 2.05) is 19.1 Å². The number of hydrogen-bond acceptors (Lipinski definition) is 5. The number of nitrogens with zero attached hydrogens (tertiary/aromatic N) is 2. The molecule has 2 N–H and O–H groups in total. The number of hydrogen-bond donors (Lipinski definition) is 2. The fourth-order valence-electron chi connectivity index (χ4n) is 2.41. The minimum Gasteiger partial charge on any atom is -0.370 e. The van der Waals surface area contributed by atoms with Gasteiger partial charge in [-0.15, -0.1) is 11.3 Å². The molecule has 3 rings (SSSR count). The predicted octanol–water partition coefficient (Wildman–Crippen LogP) is 3.10. The second-order valence-electron chi connectivity index (χ2n) is 4.99. The van der Waals surface area contributed by atoms with Crippen molar-refractivity contribution in [2.45, 2.75) is 32.6 Å². The van der Waals surface area contributed by atoms with Crippen molar-refractivity contribution < 1.29 is 4.79 Å². The van der Waals surface area contributed by atoms with E-state index in [0.717, 1.165) is 25.1 Å².